The zero-order chi connectivity index (χ0) is 22.5. The molecule has 0 aliphatic carbocycles. The summed E-state index contributed by atoms with van der Waals surface area (Å²) in [5.41, 5.74) is 5.17. The minimum absolute atomic E-state index is 0.0574. The highest BCUT2D eigenvalue weighted by Crippen LogP contribution is 2.37. The van der Waals surface area contributed by atoms with Gasteiger partial charge in [0.05, 0.1) is 11.7 Å². The number of anilines is 1. The van der Waals surface area contributed by atoms with E-state index >= 15 is 0 Å². The fourth-order valence-electron chi connectivity index (χ4n) is 4.30. The van der Waals surface area contributed by atoms with Crippen LogP contribution in [0.25, 0.3) is 11.1 Å². The lowest BCUT2D eigenvalue weighted by Gasteiger charge is -2.36. The summed E-state index contributed by atoms with van der Waals surface area (Å²) in [5, 5.41) is 0. The van der Waals surface area contributed by atoms with Crippen LogP contribution in [0, 0.1) is 6.92 Å². The van der Waals surface area contributed by atoms with Crippen LogP contribution < -0.4 is 4.90 Å². The minimum atomic E-state index is -0.0574. The number of hydrogen-bond donors (Lipinski definition) is 0. The van der Waals surface area contributed by atoms with Gasteiger partial charge in [-0.1, -0.05) is 0 Å². The van der Waals surface area contributed by atoms with Gasteiger partial charge in [0.2, 0.25) is 11.9 Å². The Morgan fingerprint density at radius 2 is 1.84 bits per heavy atom. The molecule has 0 spiro atoms. The van der Waals surface area contributed by atoms with Crippen LogP contribution in [0.4, 0.5) is 5.95 Å². The first-order valence-electron chi connectivity index (χ1n) is 11.2. The van der Waals surface area contributed by atoms with Gasteiger partial charge in [-0.2, -0.15) is 0 Å². The van der Waals surface area contributed by atoms with Crippen molar-refractivity contribution in [2.75, 3.05) is 25.5 Å². The number of aryl methyl sites for hydroxylation is 2. The molecule has 4 rings (SSSR count). The maximum atomic E-state index is 13.3. The van der Waals surface area contributed by atoms with Crippen LogP contribution in [0.2, 0.25) is 0 Å². The molecule has 4 heterocycles. The molecule has 3 aromatic heterocycles. The minimum Gasteiger partial charge on any atom is -0.347 e. The van der Waals surface area contributed by atoms with E-state index in [-0.39, 0.29) is 11.9 Å². The third-order valence-corrected chi connectivity index (χ3v) is 6.03. The number of piperidine rings is 1. The van der Waals surface area contributed by atoms with E-state index < -0.39 is 0 Å². The Balaban J connectivity index is 1.68. The second-order valence-electron chi connectivity index (χ2n) is 8.51. The highest BCUT2D eigenvalue weighted by Gasteiger charge is 2.31. The lowest BCUT2D eigenvalue weighted by Crippen LogP contribution is -2.39. The molecule has 7 nitrogen and oxygen atoms in total. The van der Waals surface area contributed by atoms with Gasteiger partial charge in [0.15, 0.2) is 0 Å². The molecule has 1 saturated heterocycles. The van der Waals surface area contributed by atoms with Crippen LogP contribution in [-0.2, 0) is 11.2 Å². The molecule has 1 aliphatic heterocycles. The van der Waals surface area contributed by atoms with E-state index in [1.807, 2.05) is 61.4 Å². The highest BCUT2D eigenvalue weighted by atomic mass is 16.2. The zero-order valence-corrected chi connectivity index (χ0v) is 19.0. The summed E-state index contributed by atoms with van der Waals surface area (Å²) in [7, 11) is 3.88. The van der Waals surface area contributed by atoms with Crippen LogP contribution >= 0.6 is 0 Å². The van der Waals surface area contributed by atoms with Crippen molar-refractivity contribution in [1.29, 1.82) is 0 Å². The molecule has 0 radical (unpaired) electrons. The Bertz CT molecular complexity index is 1070. The van der Waals surface area contributed by atoms with E-state index in [2.05, 4.69) is 15.0 Å². The molecule has 1 amide bonds. The van der Waals surface area contributed by atoms with Crippen LogP contribution in [0.1, 0.15) is 48.5 Å². The number of aromatic nitrogens is 4. The van der Waals surface area contributed by atoms with Crippen molar-refractivity contribution in [2.45, 2.75) is 45.1 Å². The summed E-state index contributed by atoms with van der Waals surface area (Å²) in [6.45, 7) is 2.81. The van der Waals surface area contributed by atoms with Gasteiger partial charge in [-0.15, -0.1) is 0 Å². The molecule has 7 heteroatoms. The molecule has 1 unspecified atom stereocenters. The van der Waals surface area contributed by atoms with Gasteiger partial charge >= 0.3 is 0 Å². The van der Waals surface area contributed by atoms with Crippen molar-refractivity contribution < 1.29 is 4.79 Å². The lowest BCUT2D eigenvalue weighted by atomic mass is 9.92. The molecule has 166 valence electrons. The third kappa shape index (κ3) is 4.77. The van der Waals surface area contributed by atoms with Gasteiger partial charge in [-0.25, -0.2) is 9.97 Å². The van der Waals surface area contributed by atoms with Gasteiger partial charge in [0, 0.05) is 63.6 Å². The molecule has 1 aliphatic rings. The van der Waals surface area contributed by atoms with Crippen LogP contribution in [0.3, 0.4) is 0 Å². The second kappa shape index (κ2) is 9.85. The van der Waals surface area contributed by atoms with E-state index in [0.717, 1.165) is 53.8 Å². The normalized spacial score (nSPS) is 16.1. The van der Waals surface area contributed by atoms with Crippen molar-refractivity contribution in [3.8, 4) is 11.1 Å². The number of rotatable bonds is 6. The molecular formula is C25H30N6O. The standard InChI is InChI=1S/C25H30N6O/c1-18-16-27-14-11-20(18)21-17-28-25(30(2)3)29-24(21)22-6-4-5-15-31(22)23(32)8-7-19-9-12-26-13-10-19/h9-14,16-17,22H,4-8,15H2,1-3H3. The van der Waals surface area contributed by atoms with Crippen molar-refractivity contribution in [2.24, 2.45) is 0 Å². The summed E-state index contributed by atoms with van der Waals surface area (Å²) < 4.78 is 0. The van der Waals surface area contributed by atoms with Crippen molar-refractivity contribution in [1.82, 2.24) is 24.8 Å². The van der Waals surface area contributed by atoms with Gasteiger partial charge in [0.1, 0.15) is 0 Å². The molecule has 3 aromatic rings. The number of carbonyl (C=O) groups is 1. The van der Waals surface area contributed by atoms with E-state index in [0.29, 0.717) is 18.8 Å². The first kappa shape index (κ1) is 21.9. The summed E-state index contributed by atoms with van der Waals surface area (Å²) in [4.78, 5) is 35.1. The van der Waals surface area contributed by atoms with Crippen LogP contribution in [-0.4, -0.2) is 51.4 Å². The SMILES string of the molecule is Cc1cnccc1-c1cnc(N(C)C)nc1C1CCCCN1C(=O)CCc1ccncc1. The third-order valence-electron chi connectivity index (χ3n) is 6.03. The number of hydrogen-bond acceptors (Lipinski definition) is 6. The smallest absolute Gasteiger partial charge is 0.225 e. The molecule has 0 saturated carbocycles. The fraction of sp³-hybridized carbons (Fsp3) is 0.400. The largest absolute Gasteiger partial charge is 0.347 e. The maximum absolute atomic E-state index is 13.3. The van der Waals surface area contributed by atoms with Crippen molar-refractivity contribution >= 4 is 11.9 Å². The first-order valence-corrected chi connectivity index (χ1v) is 11.2. The molecule has 1 atom stereocenters. The maximum Gasteiger partial charge on any atom is 0.225 e. The average molecular weight is 431 g/mol. The quantitative estimate of drug-likeness (QED) is 0.589. The van der Waals surface area contributed by atoms with Crippen LogP contribution in [0.5, 0.6) is 0 Å². The Morgan fingerprint density at radius 3 is 2.59 bits per heavy atom. The Kier molecular flexibility index (Phi) is 6.73. The zero-order valence-electron chi connectivity index (χ0n) is 19.0. The van der Waals surface area contributed by atoms with Gasteiger partial charge < -0.3 is 9.80 Å². The van der Waals surface area contributed by atoms with E-state index in [1.165, 1.54) is 0 Å². The van der Waals surface area contributed by atoms with E-state index in [9.17, 15) is 4.79 Å². The molecule has 0 bridgehead atoms. The lowest BCUT2D eigenvalue weighted by molar-refractivity contribution is -0.135. The predicted octanol–water partition coefficient (Wildman–Crippen LogP) is 3.99. The topological polar surface area (TPSA) is 75.1 Å². The van der Waals surface area contributed by atoms with Crippen LogP contribution in [0.15, 0.2) is 49.2 Å². The van der Waals surface area contributed by atoms with Crippen molar-refractivity contribution in [3.05, 3.63) is 66.0 Å². The molecule has 1 fully saturated rings. The fourth-order valence-corrected chi connectivity index (χ4v) is 4.30. The van der Waals surface area contributed by atoms with Crippen molar-refractivity contribution in [3.63, 3.8) is 0 Å². The molecule has 0 aromatic carbocycles. The highest BCUT2D eigenvalue weighted by molar-refractivity contribution is 5.78. The number of nitrogens with zero attached hydrogens (tertiary/aromatic N) is 6. The van der Waals surface area contributed by atoms with E-state index in [4.69, 9.17) is 4.98 Å². The summed E-state index contributed by atoms with van der Waals surface area (Å²) in [6.07, 6.45) is 13.3. The molecular weight excluding hydrogens is 400 g/mol. The Hall–Kier alpha value is -3.35. The molecule has 32 heavy (non-hydrogen) atoms. The van der Waals surface area contributed by atoms with Gasteiger partial charge in [-0.05, 0) is 67.5 Å². The molecule has 0 N–H and O–H groups in total. The predicted molar refractivity (Wildman–Crippen MR) is 125 cm³/mol. The Labute approximate surface area is 189 Å². The van der Waals surface area contributed by atoms with Gasteiger partial charge in [-0.3, -0.25) is 14.8 Å². The number of amides is 1. The Morgan fingerprint density at radius 1 is 1.06 bits per heavy atom. The number of carbonyl (C=O) groups excluding carboxylic acids is 1. The average Bonchev–Trinajstić information content (AvgIpc) is 2.83. The first-order chi connectivity index (χ1) is 15.5. The number of likely N-dealkylation sites (tertiary alicyclic amines) is 1. The summed E-state index contributed by atoms with van der Waals surface area (Å²) in [5.74, 6) is 0.833. The summed E-state index contributed by atoms with van der Waals surface area (Å²) in [6, 6.07) is 5.89. The summed E-state index contributed by atoms with van der Waals surface area (Å²) >= 11 is 0. The second-order valence-corrected chi connectivity index (χ2v) is 8.51. The monoisotopic (exact) mass is 430 g/mol. The van der Waals surface area contributed by atoms with Gasteiger partial charge in [0.25, 0.3) is 0 Å². The van der Waals surface area contributed by atoms with E-state index in [1.54, 1.807) is 18.6 Å². The number of pyridine rings is 2.